The summed E-state index contributed by atoms with van der Waals surface area (Å²) in [5.41, 5.74) is 1.55. The van der Waals surface area contributed by atoms with Crippen LogP contribution in [0.15, 0.2) is 18.3 Å². The fourth-order valence-electron chi connectivity index (χ4n) is 5.10. The number of carbonyl (C=O) groups excluding carboxylic acids is 1. The van der Waals surface area contributed by atoms with Gasteiger partial charge in [0.2, 0.25) is 17.7 Å². The van der Waals surface area contributed by atoms with Gasteiger partial charge in [-0.05, 0) is 44.4 Å². The number of nitrogens with zero attached hydrogens (tertiary/aromatic N) is 4. The Morgan fingerprint density at radius 1 is 1.31 bits per heavy atom. The summed E-state index contributed by atoms with van der Waals surface area (Å²) in [5, 5.41) is 6.75. The first-order valence-electron chi connectivity index (χ1n) is 11.5. The van der Waals surface area contributed by atoms with Gasteiger partial charge in [0.25, 0.3) is 6.43 Å². The van der Waals surface area contributed by atoms with Gasteiger partial charge in [0.1, 0.15) is 17.0 Å². The fraction of sp³-hybridized carbons (Fsp3) is 0.417. The summed E-state index contributed by atoms with van der Waals surface area (Å²) in [4.78, 5) is 27.6. The molecule has 1 amide bonds. The predicted molar refractivity (Wildman–Crippen MR) is 129 cm³/mol. The van der Waals surface area contributed by atoms with Crippen LogP contribution < -0.4 is 15.4 Å². The summed E-state index contributed by atoms with van der Waals surface area (Å²) in [7, 11) is 1.48. The molecule has 1 aromatic carbocycles. The zero-order valence-corrected chi connectivity index (χ0v) is 20.2. The number of rotatable bonds is 7. The maximum absolute atomic E-state index is 15.0. The number of methoxy groups -OCH3 is 1. The van der Waals surface area contributed by atoms with E-state index in [0.717, 1.165) is 12.8 Å². The number of aromatic amines is 1. The minimum Gasteiger partial charge on any atom is -0.480 e. The molecule has 0 aliphatic heterocycles. The molecular formula is C24H26F3N7O2. The van der Waals surface area contributed by atoms with E-state index in [1.165, 1.54) is 24.7 Å². The Morgan fingerprint density at radius 2 is 2.06 bits per heavy atom. The van der Waals surface area contributed by atoms with Gasteiger partial charge in [-0.3, -0.25) is 4.79 Å². The summed E-state index contributed by atoms with van der Waals surface area (Å²) in [6.45, 7) is 4.47. The Balaban J connectivity index is 1.50. The van der Waals surface area contributed by atoms with Gasteiger partial charge in [0.15, 0.2) is 5.82 Å². The molecule has 4 aromatic rings. The fourth-order valence-corrected chi connectivity index (χ4v) is 5.10. The number of hydrogen-bond donors (Lipinski definition) is 3. The van der Waals surface area contributed by atoms with Gasteiger partial charge in [-0.1, -0.05) is 0 Å². The van der Waals surface area contributed by atoms with Crippen molar-refractivity contribution in [2.45, 2.75) is 58.2 Å². The van der Waals surface area contributed by atoms with Crippen LogP contribution in [0.2, 0.25) is 0 Å². The van der Waals surface area contributed by atoms with E-state index in [-0.39, 0.29) is 34.4 Å². The van der Waals surface area contributed by atoms with Gasteiger partial charge in [-0.15, -0.1) is 0 Å². The Labute approximate surface area is 204 Å². The van der Waals surface area contributed by atoms with Gasteiger partial charge in [0.05, 0.1) is 24.6 Å². The minimum atomic E-state index is -2.60. The van der Waals surface area contributed by atoms with Crippen LogP contribution in [0.3, 0.4) is 0 Å². The van der Waals surface area contributed by atoms with Crippen LogP contribution in [-0.4, -0.2) is 55.5 Å². The molecule has 3 N–H and O–H groups in total. The summed E-state index contributed by atoms with van der Waals surface area (Å²) in [5.74, 6) is 0.257. The highest BCUT2D eigenvalue weighted by Crippen LogP contribution is 2.38. The predicted octanol–water partition coefficient (Wildman–Crippen LogP) is 4.16. The number of ether oxygens (including phenoxy) is 1. The molecule has 0 spiro atoms. The topological polar surface area (TPSA) is 110 Å². The number of amides is 1. The van der Waals surface area contributed by atoms with Gasteiger partial charge in [-0.2, -0.15) is 9.97 Å². The number of anilines is 1. The number of aryl methyl sites for hydroxylation is 1. The first-order chi connectivity index (χ1) is 17.1. The molecule has 190 valence electrons. The van der Waals surface area contributed by atoms with Crippen LogP contribution in [-0.2, 0) is 11.3 Å². The maximum atomic E-state index is 15.0. The van der Waals surface area contributed by atoms with Crippen LogP contribution >= 0.6 is 0 Å². The monoisotopic (exact) mass is 501 g/mol. The first kappa shape index (κ1) is 23.9. The van der Waals surface area contributed by atoms with Crippen LogP contribution in [0.25, 0.3) is 33.2 Å². The number of carbonyl (C=O) groups is 1. The van der Waals surface area contributed by atoms with E-state index >= 15 is 0 Å². The zero-order valence-electron chi connectivity index (χ0n) is 20.2. The average molecular weight is 502 g/mol. The SMILES string of the molecule is COc1nc(NC2CC(C)(NC(C)=O)C2)nc2[nH]cc(-c3cc(F)c4nc(C)n(CC(F)F)c4c3)c12. The highest BCUT2D eigenvalue weighted by Gasteiger charge is 2.41. The van der Waals surface area contributed by atoms with Crippen molar-refractivity contribution >= 4 is 33.9 Å². The molecule has 3 aromatic heterocycles. The molecule has 0 atom stereocenters. The quantitative estimate of drug-likeness (QED) is 0.351. The standard InChI is InChI=1S/C24H26F3N7O2/c1-11-29-20-16(25)5-13(6-17(20)34(11)10-18(26)27)15-9-28-21-19(15)22(36-4)32-23(31-21)30-14-7-24(3,8-14)33-12(2)35/h5-6,9,14,18H,7-8,10H2,1-4H3,(H,33,35)(H2,28,30,31,32). The molecule has 36 heavy (non-hydrogen) atoms. The molecule has 5 rings (SSSR count). The molecule has 3 heterocycles. The molecule has 12 heteroatoms. The molecule has 1 aliphatic carbocycles. The second kappa shape index (κ2) is 8.68. The van der Waals surface area contributed by atoms with E-state index in [1.807, 2.05) is 6.92 Å². The largest absolute Gasteiger partial charge is 0.480 e. The van der Waals surface area contributed by atoms with Gasteiger partial charge in [0, 0.05) is 30.3 Å². The average Bonchev–Trinajstić information content (AvgIpc) is 3.33. The van der Waals surface area contributed by atoms with Crippen molar-refractivity contribution in [1.82, 2.24) is 29.8 Å². The van der Waals surface area contributed by atoms with Crippen molar-refractivity contribution in [2.75, 3.05) is 12.4 Å². The molecule has 0 saturated heterocycles. The van der Waals surface area contributed by atoms with Gasteiger partial charge in [-0.25, -0.2) is 18.2 Å². The lowest BCUT2D eigenvalue weighted by atomic mass is 9.74. The summed E-state index contributed by atoms with van der Waals surface area (Å²) >= 11 is 0. The van der Waals surface area contributed by atoms with E-state index in [1.54, 1.807) is 19.2 Å². The number of fused-ring (bicyclic) bond motifs is 2. The zero-order chi connectivity index (χ0) is 25.8. The number of hydrogen-bond acceptors (Lipinski definition) is 6. The highest BCUT2D eigenvalue weighted by molar-refractivity contribution is 5.99. The lowest BCUT2D eigenvalue weighted by Crippen LogP contribution is -2.59. The Hall–Kier alpha value is -3.83. The second-order valence-electron chi connectivity index (χ2n) is 9.46. The number of alkyl halides is 2. The van der Waals surface area contributed by atoms with E-state index in [4.69, 9.17) is 4.74 Å². The first-order valence-corrected chi connectivity index (χ1v) is 11.5. The summed E-state index contributed by atoms with van der Waals surface area (Å²) in [6.07, 6.45) is 0.491. The molecule has 0 radical (unpaired) electrons. The number of H-pyrrole nitrogens is 1. The van der Waals surface area contributed by atoms with Crippen molar-refractivity contribution in [3.05, 3.63) is 30.0 Å². The minimum absolute atomic E-state index is 0.0400. The number of benzene rings is 1. The number of aromatic nitrogens is 5. The van der Waals surface area contributed by atoms with Crippen LogP contribution in [0.4, 0.5) is 19.1 Å². The number of nitrogens with one attached hydrogen (secondary N) is 3. The van der Waals surface area contributed by atoms with Gasteiger partial charge < -0.3 is 24.9 Å². The molecule has 1 aliphatic rings. The molecule has 1 fully saturated rings. The van der Waals surface area contributed by atoms with Crippen LogP contribution in [0.1, 0.15) is 32.5 Å². The lowest BCUT2D eigenvalue weighted by Gasteiger charge is -2.45. The van der Waals surface area contributed by atoms with E-state index in [9.17, 15) is 18.0 Å². The molecule has 1 saturated carbocycles. The second-order valence-corrected chi connectivity index (χ2v) is 9.46. The summed E-state index contributed by atoms with van der Waals surface area (Å²) in [6, 6.07) is 3.02. The summed E-state index contributed by atoms with van der Waals surface area (Å²) < 4.78 is 48.1. The number of halogens is 3. The van der Waals surface area contributed by atoms with Crippen LogP contribution in [0.5, 0.6) is 5.88 Å². The molecule has 0 unspecified atom stereocenters. The van der Waals surface area contributed by atoms with Crippen molar-refractivity contribution in [2.24, 2.45) is 0 Å². The Kier molecular flexibility index (Phi) is 5.76. The molecule has 0 bridgehead atoms. The van der Waals surface area contributed by atoms with Crippen molar-refractivity contribution < 1.29 is 22.7 Å². The van der Waals surface area contributed by atoms with E-state index in [2.05, 4.69) is 30.6 Å². The Morgan fingerprint density at radius 3 is 2.72 bits per heavy atom. The smallest absolute Gasteiger partial charge is 0.256 e. The maximum Gasteiger partial charge on any atom is 0.256 e. The molecule has 9 nitrogen and oxygen atoms in total. The third-order valence-corrected chi connectivity index (χ3v) is 6.53. The molecular weight excluding hydrogens is 475 g/mol. The van der Waals surface area contributed by atoms with Crippen molar-refractivity contribution in [3.63, 3.8) is 0 Å². The third-order valence-electron chi connectivity index (χ3n) is 6.53. The van der Waals surface area contributed by atoms with Crippen molar-refractivity contribution in [3.8, 4) is 17.0 Å². The third kappa shape index (κ3) is 4.20. The lowest BCUT2D eigenvalue weighted by molar-refractivity contribution is -0.121. The normalized spacial score (nSPS) is 19.6. The van der Waals surface area contributed by atoms with E-state index in [0.29, 0.717) is 33.9 Å². The number of imidazole rings is 1. The highest BCUT2D eigenvalue weighted by atomic mass is 19.3. The van der Waals surface area contributed by atoms with Gasteiger partial charge >= 0.3 is 0 Å². The Bertz CT molecular complexity index is 1470. The van der Waals surface area contributed by atoms with Crippen LogP contribution in [0, 0.1) is 12.7 Å². The van der Waals surface area contributed by atoms with Crippen molar-refractivity contribution in [1.29, 1.82) is 0 Å². The van der Waals surface area contributed by atoms with E-state index < -0.39 is 18.8 Å².